The van der Waals surface area contributed by atoms with Crippen LogP contribution in [0.1, 0.15) is 36.8 Å². The van der Waals surface area contributed by atoms with Gasteiger partial charge in [-0.15, -0.1) is 0 Å². The first-order chi connectivity index (χ1) is 14.5. The Morgan fingerprint density at radius 3 is 2.16 bits per heavy atom. The monoisotopic (exact) mass is 478 g/mol. The van der Waals surface area contributed by atoms with Gasteiger partial charge in [0.25, 0.3) is 5.91 Å². The molecule has 0 atom stereocenters. The molecule has 0 fully saturated rings. The first kappa shape index (κ1) is 23.1. The summed E-state index contributed by atoms with van der Waals surface area (Å²) in [6, 6.07) is 11.5. The van der Waals surface area contributed by atoms with Gasteiger partial charge >= 0.3 is 6.03 Å². The van der Waals surface area contributed by atoms with Gasteiger partial charge in [0.05, 0.1) is 16.4 Å². The number of imide groups is 1. The van der Waals surface area contributed by atoms with Gasteiger partial charge in [-0.2, -0.15) is 5.10 Å². The predicted molar refractivity (Wildman–Crippen MR) is 125 cm³/mol. The number of halogens is 3. The molecule has 3 amide bonds. The molecule has 31 heavy (non-hydrogen) atoms. The highest BCUT2D eigenvalue weighted by atomic mass is 35.5. The number of benzene rings is 2. The van der Waals surface area contributed by atoms with Crippen LogP contribution in [0.4, 0.5) is 4.79 Å². The lowest BCUT2D eigenvalue weighted by Gasteiger charge is -2.20. The number of urea groups is 1. The normalized spacial score (nSPS) is 11.3. The maximum atomic E-state index is 12.9. The van der Waals surface area contributed by atoms with Crippen molar-refractivity contribution in [3.8, 4) is 16.9 Å². The van der Waals surface area contributed by atoms with Gasteiger partial charge in [0.1, 0.15) is 0 Å². The lowest BCUT2D eigenvalue weighted by molar-refractivity contribution is 0.0956. The highest BCUT2D eigenvalue weighted by Gasteiger charge is 2.25. The maximum absolute atomic E-state index is 12.9. The van der Waals surface area contributed by atoms with Crippen molar-refractivity contribution in [3.05, 3.63) is 68.8 Å². The van der Waals surface area contributed by atoms with Crippen LogP contribution in [0.5, 0.6) is 0 Å². The standard InChI is InChI=1S/C22H21Cl3N4O2/c1-12-18(20(30)26-21(31)27-22(2,3)4)28-29(17-10-9-15(24)11-16(17)25)19(12)13-5-7-14(23)8-6-13/h5-11H,1-4H3,(H2,26,27,30,31). The van der Waals surface area contributed by atoms with Crippen LogP contribution in [0.2, 0.25) is 15.1 Å². The lowest BCUT2D eigenvalue weighted by atomic mass is 10.1. The molecule has 1 aromatic heterocycles. The van der Waals surface area contributed by atoms with Crippen LogP contribution in [0.15, 0.2) is 42.5 Å². The Morgan fingerprint density at radius 1 is 0.968 bits per heavy atom. The average Bonchev–Trinajstić information content (AvgIpc) is 2.98. The summed E-state index contributed by atoms with van der Waals surface area (Å²) in [6.45, 7) is 7.21. The lowest BCUT2D eigenvalue weighted by Crippen LogP contribution is -2.48. The fourth-order valence-electron chi connectivity index (χ4n) is 3.02. The van der Waals surface area contributed by atoms with Gasteiger partial charge in [0.15, 0.2) is 5.69 Å². The summed E-state index contributed by atoms with van der Waals surface area (Å²) in [6.07, 6.45) is 0. The number of hydrogen-bond donors (Lipinski definition) is 2. The number of carbonyl (C=O) groups excluding carboxylic acids is 2. The van der Waals surface area contributed by atoms with E-state index < -0.39 is 17.5 Å². The Kier molecular flexibility index (Phi) is 6.65. The Balaban J connectivity index is 2.11. The van der Waals surface area contributed by atoms with E-state index in [4.69, 9.17) is 34.8 Å². The van der Waals surface area contributed by atoms with E-state index in [1.54, 1.807) is 41.9 Å². The molecule has 1 heterocycles. The molecule has 0 aliphatic heterocycles. The Hall–Kier alpha value is -2.54. The predicted octanol–water partition coefficient (Wildman–Crippen LogP) is 6.05. The molecule has 3 rings (SSSR count). The Bertz CT molecular complexity index is 1150. The molecule has 0 bridgehead atoms. The van der Waals surface area contributed by atoms with Gasteiger partial charge in [0, 0.05) is 26.7 Å². The van der Waals surface area contributed by atoms with E-state index in [1.807, 2.05) is 32.9 Å². The highest BCUT2D eigenvalue weighted by Crippen LogP contribution is 2.33. The Morgan fingerprint density at radius 2 is 1.58 bits per heavy atom. The first-order valence-corrected chi connectivity index (χ1v) is 10.5. The number of rotatable bonds is 3. The largest absolute Gasteiger partial charge is 0.333 e. The second-order valence-corrected chi connectivity index (χ2v) is 9.27. The third-order valence-electron chi connectivity index (χ3n) is 4.31. The van der Waals surface area contributed by atoms with Crippen LogP contribution in [0.25, 0.3) is 16.9 Å². The van der Waals surface area contributed by atoms with Crippen molar-refractivity contribution in [1.29, 1.82) is 0 Å². The molecule has 0 radical (unpaired) electrons. The van der Waals surface area contributed by atoms with Crippen molar-refractivity contribution in [3.63, 3.8) is 0 Å². The van der Waals surface area contributed by atoms with Crippen LogP contribution < -0.4 is 10.6 Å². The summed E-state index contributed by atoms with van der Waals surface area (Å²) in [4.78, 5) is 25.0. The van der Waals surface area contributed by atoms with Crippen LogP contribution in [-0.4, -0.2) is 27.3 Å². The maximum Gasteiger partial charge on any atom is 0.322 e. The van der Waals surface area contributed by atoms with E-state index in [0.717, 1.165) is 5.56 Å². The fraction of sp³-hybridized carbons (Fsp3) is 0.227. The topological polar surface area (TPSA) is 76.0 Å². The summed E-state index contributed by atoms with van der Waals surface area (Å²) >= 11 is 18.5. The molecule has 0 unspecified atom stereocenters. The van der Waals surface area contributed by atoms with Crippen molar-refractivity contribution in [2.75, 3.05) is 0 Å². The van der Waals surface area contributed by atoms with Crippen molar-refractivity contribution in [1.82, 2.24) is 20.4 Å². The summed E-state index contributed by atoms with van der Waals surface area (Å²) in [7, 11) is 0. The molecular formula is C22H21Cl3N4O2. The number of hydrogen-bond acceptors (Lipinski definition) is 3. The van der Waals surface area contributed by atoms with E-state index in [-0.39, 0.29) is 5.69 Å². The van der Waals surface area contributed by atoms with Crippen molar-refractivity contribution in [2.45, 2.75) is 33.2 Å². The summed E-state index contributed by atoms with van der Waals surface area (Å²) in [5, 5.41) is 10.9. The molecule has 162 valence electrons. The second-order valence-electron chi connectivity index (χ2n) is 7.99. The minimum absolute atomic E-state index is 0.0972. The van der Waals surface area contributed by atoms with E-state index >= 15 is 0 Å². The number of aromatic nitrogens is 2. The van der Waals surface area contributed by atoms with E-state index in [9.17, 15) is 9.59 Å². The van der Waals surface area contributed by atoms with E-state index in [2.05, 4.69) is 15.7 Å². The fourth-order valence-corrected chi connectivity index (χ4v) is 3.63. The van der Waals surface area contributed by atoms with Crippen LogP contribution in [0, 0.1) is 6.92 Å². The molecule has 2 aromatic carbocycles. The van der Waals surface area contributed by atoms with Crippen molar-refractivity contribution in [2.24, 2.45) is 0 Å². The number of nitrogens with one attached hydrogen (secondary N) is 2. The number of carbonyl (C=O) groups is 2. The highest BCUT2D eigenvalue weighted by molar-refractivity contribution is 6.35. The smallest absolute Gasteiger partial charge is 0.322 e. The molecule has 0 aliphatic rings. The van der Waals surface area contributed by atoms with Crippen molar-refractivity contribution < 1.29 is 9.59 Å². The molecular weight excluding hydrogens is 459 g/mol. The SMILES string of the molecule is Cc1c(C(=O)NC(=O)NC(C)(C)C)nn(-c2ccc(Cl)cc2Cl)c1-c1ccc(Cl)cc1. The van der Waals surface area contributed by atoms with Gasteiger partial charge in [-0.3, -0.25) is 10.1 Å². The van der Waals surface area contributed by atoms with E-state index in [0.29, 0.717) is 32.0 Å². The molecule has 0 aliphatic carbocycles. The quantitative estimate of drug-likeness (QED) is 0.480. The Labute approximate surface area is 195 Å². The van der Waals surface area contributed by atoms with Gasteiger partial charge < -0.3 is 5.32 Å². The van der Waals surface area contributed by atoms with Crippen molar-refractivity contribution >= 4 is 46.7 Å². The van der Waals surface area contributed by atoms with E-state index in [1.165, 1.54) is 0 Å². The minimum Gasteiger partial charge on any atom is -0.333 e. The second kappa shape index (κ2) is 8.91. The minimum atomic E-state index is -0.627. The third-order valence-corrected chi connectivity index (χ3v) is 5.10. The molecule has 3 aromatic rings. The van der Waals surface area contributed by atoms with Crippen LogP contribution in [-0.2, 0) is 0 Å². The molecule has 0 spiro atoms. The molecule has 9 heteroatoms. The zero-order chi connectivity index (χ0) is 22.9. The summed E-state index contributed by atoms with van der Waals surface area (Å²) in [5.41, 5.74) is 2.14. The van der Waals surface area contributed by atoms with Crippen LogP contribution in [0.3, 0.4) is 0 Å². The van der Waals surface area contributed by atoms with Crippen LogP contribution >= 0.6 is 34.8 Å². The van der Waals surface area contributed by atoms with Gasteiger partial charge in [-0.25, -0.2) is 9.48 Å². The average molecular weight is 480 g/mol. The first-order valence-electron chi connectivity index (χ1n) is 9.41. The molecule has 0 saturated carbocycles. The van der Waals surface area contributed by atoms with Gasteiger partial charge in [0.2, 0.25) is 0 Å². The molecule has 2 N–H and O–H groups in total. The molecule has 6 nitrogen and oxygen atoms in total. The summed E-state index contributed by atoms with van der Waals surface area (Å²) < 4.78 is 1.56. The summed E-state index contributed by atoms with van der Waals surface area (Å²) in [5.74, 6) is -0.627. The number of amides is 3. The number of nitrogens with zero attached hydrogens (tertiary/aromatic N) is 2. The zero-order valence-corrected chi connectivity index (χ0v) is 19.7. The van der Waals surface area contributed by atoms with Gasteiger partial charge in [-0.1, -0.05) is 46.9 Å². The van der Waals surface area contributed by atoms with Gasteiger partial charge in [-0.05, 0) is 58.0 Å². The third kappa shape index (κ3) is 5.39. The molecule has 0 saturated heterocycles. The zero-order valence-electron chi connectivity index (χ0n) is 17.4.